The Labute approximate surface area is 123 Å². The predicted molar refractivity (Wildman–Crippen MR) is 81.4 cm³/mol. The Morgan fingerprint density at radius 1 is 1.05 bits per heavy atom. The Kier molecular flexibility index (Phi) is 4.83. The molecule has 100 valence electrons. The summed E-state index contributed by atoms with van der Waals surface area (Å²) in [7, 11) is 0. The maximum atomic E-state index is 5.98. The lowest BCUT2D eigenvalue weighted by Crippen LogP contribution is -2.30. The van der Waals surface area contributed by atoms with Crippen molar-refractivity contribution in [3.63, 3.8) is 0 Å². The lowest BCUT2D eigenvalue weighted by Gasteiger charge is -2.19. The van der Waals surface area contributed by atoms with Gasteiger partial charge in [0.2, 0.25) is 0 Å². The molecule has 2 aromatic carbocycles. The van der Waals surface area contributed by atoms with Crippen LogP contribution in [0.15, 0.2) is 42.5 Å². The van der Waals surface area contributed by atoms with Crippen molar-refractivity contribution in [1.82, 2.24) is 5.43 Å². The summed E-state index contributed by atoms with van der Waals surface area (Å²) < 4.78 is 0. The molecular formula is C15H16Cl2N2. The van der Waals surface area contributed by atoms with Crippen molar-refractivity contribution in [2.24, 2.45) is 5.84 Å². The maximum absolute atomic E-state index is 5.98. The van der Waals surface area contributed by atoms with E-state index in [9.17, 15) is 0 Å². The molecule has 0 spiro atoms. The molecule has 2 rings (SSSR count). The van der Waals surface area contributed by atoms with Crippen LogP contribution in [0.3, 0.4) is 0 Å². The number of nitrogens with two attached hydrogens (primary N) is 1. The number of halogens is 2. The molecule has 0 aromatic heterocycles. The number of hydrogen-bond acceptors (Lipinski definition) is 2. The number of hydrogen-bond donors (Lipinski definition) is 2. The molecule has 0 heterocycles. The molecule has 0 fully saturated rings. The molecule has 1 unspecified atom stereocenters. The molecule has 2 aromatic rings. The molecule has 0 aliphatic carbocycles. The van der Waals surface area contributed by atoms with Crippen LogP contribution in [0.1, 0.15) is 22.7 Å². The quantitative estimate of drug-likeness (QED) is 0.659. The summed E-state index contributed by atoms with van der Waals surface area (Å²) in [6.45, 7) is 2.04. The monoisotopic (exact) mass is 294 g/mol. The van der Waals surface area contributed by atoms with E-state index < -0.39 is 0 Å². The van der Waals surface area contributed by atoms with Gasteiger partial charge in [0.15, 0.2) is 0 Å². The van der Waals surface area contributed by atoms with Crippen LogP contribution in [0.4, 0.5) is 0 Å². The fraction of sp³-hybridized carbons (Fsp3) is 0.200. The fourth-order valence-corrected chi connectivity index (χ4v) is 2.50. The van der Waals surface area contributed by atoms with Crippen LogP contribution >= 0.6 is 23.2 Å². The molecule has 1 atom stereocenters. The highest BCUT2D eigenvalue weighted by atomic mass is 35.5. The second-order valence-electron chi connectivity index (χ2n) is 4.55. The normalized spacial score (nSPS) is 12.4. The van der Waals surface area contributed by atoms with E-state index in [0.717, 1.165) is 27.6 Å². The van der Waals surface area contributed by atoms with Crippen LogP contribution in [0, 0.1) is 6.92 Å². The Balaban J connectivity index is 2.22. The molecule has 2 nitrogen and oxygen atoms in total. The van der Waals surface area contributed by atoms with Gasteiger partial charge in [0.1, 0.15) is 0 Å². The Bertz CT molecular complexity index is 553. The topological polar surface area (TPSA) is 38.0 Å². The van der Waals surface area contributed by atoms with Crippen LogP contribution < -0.4 is 11.3 Å². The van der Waals surface area contributed by atoms with Crippen LogP contribution in [0.5, 0.6) is 0 Å². The highest BCUT2D eigenvalue weighted by Crippen LogP contribution is 2.24. The predicted octanol–water partition coefficient (Wildman–Crippen LogP) is 4.05. The van der Waals surface area contributed by atoms with Crippen molar-refractivity contribution < 1.29 is 0 Å². The van der Waals surface area contributed by atoms with E-state index >= 15 is 0 Å². The Morgan fingerprint density at radius 3 is 2.26 bits per heavy atom. The van der Waals surface area contributed by atoms with Gasteiger partial charge in [-0.2, -0.15) is 0 Å². The minimum absolute atomic E-state index is 0.0541. The standard InChI is InChI=1S/C15H16Cl2N2/c1-10-8-13(17)6-7-14(10)15(19-18)9-11-2-4-12(16)5-3-11/h2-8,15,19H,9,18H2,1H3. The smallest absolute Gasteiger partial charge is 0.0502 e. The highest BCUT2D eigenvalue weighted by molar-refractivity contribution is 6.30. The van der Waals surface area contributed by atoms with Crippen molar-refractivity contribution in [1.29, 1.82) is 0 Å². The third kappa shape index (κ3) is 3.71. The average molecular weight is 295 g/mol. The molecule has 0 saturated heterocycles. The van der Waals surface area contributed by atoms with Gasteiger partial charge >= 0.3 is 0 Å². The molecule has 0 amide bonds. The summed E-state index contributed by atoms with van der Waals surface area (Å²) in [6, 6.07) is 13.7. The molecule has 0 aliphatic heterocycles. The molecule has 4 heteroatoms. The minimum Gasteiger partial charge on any atom is -0.271 e. The van der Waals surface area contributed by atoms with E-state index in [-0.39, 0.29) is 6.04 Å². The van der Waals surface area contributed by atoms with Gasteiger partial charge in [-0.25, -0.2) is 0 Å². The van der Waals surface area contributed by atoms with E-state index in [2.05, 4.69) is 5.43 Å². The van der Waals surface area contributed by atoms with Gasteiger partial charge in [0.05, 0.1) is 6.04 Å². The SMILES string of the molecule is Cc1cc(Cl)ccc1C(Cc1ccc(Cl)cc1)NN. The van der Waals surface area contributed by atoms with Gasteiger partial charge in [-0.3, -0.25) is 11.3 Å². The lowest BCUT2D eigenvalue weighted by atomic mass is 9.96. The first-order valence-electron chi connectivity index (χ1n) is 6.07. The number of benzene rings is 2. The molecule has 0 aliphatic rings. The molecule has 0 bridgehead atoms. The number of hydrazine groups is 1. The molecule has 0 radical (unpaired) electrons. The van der Waals surface area contributed by atoms with Crippen molar-refractivity contribution >= 4 is 23.2 Å². The second-order valence-corrected chi connectivity index (χ2v) is 5.42. The summed E-state index contributed by atoms with van der Waals surface area (Å²) in [5.41, 5.74) is 6.33. The Hall–Kier alpha value is -1.06. The summed E-state index contributed by atoms with van der Waals surface area (Å²) in [6.07, 6.45) is 0.802. The average Bonchev–Trinajstić information content (AvgIpc) is 2.39. The van der Waals surface area contributed by atoms with E-state index in [0.29, 0.717) is 0 Å². The third-order valence-corrected chi connectivity index (χ3v) is 3.65. The lowest BCUT2D eigenvalue weighted by molar-refractivity contribution is 0.549. The van der Waals surface area contributed by atoms with Crippen molar-refractivity contribution in [2.75, 3.05) is 0 Å². The number of rotatable bonds is 4. The molecule has 3 N–H and O–H groups in total. The highest BCUT2D eigenvalue weighted by Gasteiger charge is 2.13. The first-order valence-corrected chi connectivity index (χ1v) is 6.82. The van der Waals surface area contributed by atoms with Crippen LogP contribution in [0.2, 0.25) is 10.0 Å². The van der Waals surface area contributed by atoms with E-state index in [1.54, 1.807) is 0 Å². The summed E-state index contributed by atoms with van der Waals surface area (Å²) in [4.78, 5) is 0. The van der Waals surface area contributed by atoms with Crippen LogP contribution in [-0.4, -0.2) is 0 Å². The second kappa shape index (κ2) is 6.40. The maximum Gasteiger partial charge on any atom is 0.0502 e. The van der Waals surface area contributed by atoms with Gasteiger partial charge in [-0.1, -0.05) is 41.4 Å². The van der Waals surface area contributed by atoms with Gasteiger partial charge in [0, 0.05) is 10.0 Å². The number of aryl methyl sites for hydroxylation is 1. The van der Waals surface area contributed by atoms with Crippen molar-refractivity contribution in [2.45, 2.75) is 19.4 Å². The van der Waals surface area contributed by atoms with Crippen molar-refractivity contribution in [3.8, 4) is 0 Å². The zero-order chi connectivity index (χ0) is 13.8. The van der Waals surface area contributed by atoms with Gasteiger partial charge in [-0.15, -0.1) is 0 Å². The molecular weight excluding hydrogens is 279 g/mol. The molecule has 0 saturated carbocycles. The van der Waals surface area contributed by atoms with Gasteiger partial charge in [0.25, 0.3) is 0 Å². The molecule has 19 heavy (non-hydrogen) atoms. The zero-order valence-corrected chi connectivity index (χ0v) is 12.2. The largest absolute Gasteiger partial charge is 0.271 e. The summed E-state index contributed by atoms with van der Waals surface area (Å²) in [5.74, 6) is 5.68. The Morgan fingerprint density at radius 2 is 1.68 bits per heavy atom. The van der Waals surface area contributed by atoms with E-state index in [4.69, 9.17) is 29.0 Å². The van der Waals surface area contributed by atoms with Crippen LogP contribution in [0.25, 0.3) is 0 Å². The summed E-state index contributed by atoms with van der Waals surface area (Å²) >= 11 is 11.9. The summed E-state index contributed by atoms with van der Waals surface area (Å²) in [5, 5.41) is 1.48. The van der Waals surface area contributed by atoms with E-state index in [1.165, 1.54) is 5.56 Å². The fourth-order valence-electron chi connectivity index (χ4n) is 2.14. The van der Waals surface area contributed by atoms with E-state index in [1.807, 2.05) is 49.4 Å². The van der Waals surface area contributed by atoms with Crippen molar-refractivity contribution in [3.05, 3.63) is 69.2 Å². The first kappa shape index (κ1) is 14.4. The van der Waals surface area contributed by atoms with Gasteiger partial charge < -0.3 is 0 Å². The third-order valence-electron chi connectivity index (χ3n) is 3.16. The minimum atomic E-state index is 0.0541. The van der Waals surface area contributed by atoms with Crippen LogP contribution in [-0.2, 0) is 6.42 Å². The zero-order valence-electron chi connectivity index (χ0n) is 10.7. The van der Waals surface area contributed by atoms with Gasteiger partial charge in [-0.05, 0) is 54.3 Å². The number of nitrogens with one attached hydrogen (secondary N) is 1. The first-order chi connectivity index (χ1) is 9.10.